The van der Waals surface area contributed by atoms with Gasteiger partial charge in [0.25, 0.3) is 0 Å². The number of hydrogen-bond donors (Lipinski definition) is 1. The van der Waals surface area contributed by atoms with Crippen LogP contribution in [0, 0.1) is 5.82 Å². The maximum atomic E-state index is 13.3. The summed E-state index contributed by atoms with van der Waals surface area (Å²) >= 11 is 0. The van der Waals surface area contributed by atoms with E-state index < -0.39 is 0 Å². The molecule has 100 valence electrons. The molecule has 0 radical (unpaired) electrons. The molecule has 1 atom stereocenters. The number of nitrogens with one attached hydrogen (secondary N) is 1. The molecule has 2 rings (SSSR count). The SMILES string of the molecule is CC(C)NCC(OC1COC1)c1cccc(F)c1. The Kier molecular flexibility index (Phi) is 4.69. The van der Waals surface area contributed by atoms with E-state index in [1.165, 1.54) is 12.1 Å². The number of rotatable bonds is 6. The monoisotopic (exact) mass is 253 g/mol. The molecule has 1 aliphatic rings. The molecule has 1 N–H and O–H groups in total. The fourth-order valence-corrected chi connectivity index (χ4v) is 1.82. The molecule has 0 amide bonds. The highest BCUT2D eigenvalue weighted by Gasteiger charge is 2.24. The van der Waals surface area contributed by atoms with Gasteiger partial charge in [0.2, 0.25) is 0 Å². The number of hydrogen-bond acceptors (Lipinski definition) is 3. The van der Waals surface area contributed by atoms with Gasteiger partial charge in [-0.3, -0.25) is 0 Å². The van der Waals surface area contributed by atoms with Crippen molar-refractivity contribution in [3.05, 3.63) is 35.6 Å². The average molecular weight is 253 g/mol. The molecule has 0 aliphatic carbocycles. The van der Waals surface area contributed by atoms with E-state index in [1.807, 2.05) is 6.07 Å². The first kappa shape index (κ1) is 13.5. The van der Waals surface area contributed by atoms with Crippen molar-refractivity contribution < 1.29 is 13.9 Å². The predicted octanol–water partition coefficient (Wildman–Crippen LogP) is 2.28. The van der Waals surface area contributed by atoms with Gasteiger partial charge in [-0.1, -0.05) is 26.0 Å². The summed E-state index contributed by atoms with van der Waals surface area (Å²) < 4.78 is 24.3. The largest absolute Gasteiger partial charge is 0.376 e. The van der Waals surface area contributed by atoms with Crippen LogP contribution in [0.4, 0.5) is 4.39 Å². The molecular formula is C14H20FNO2. The van der Waals surface area contributed by atoms with Crippen molar-refractivity contribution in [1.29, 1.82) is 0 Å². The Labute approximate surface area is 107 Å². The van der Waals surface area contributed by atoms with E-state index in [4.69, 9.17) is 9.47 Å². The summed E-state index contributed by atoms with van der Waals surface area (Å²) in [5, 5.41) is 3.33. The molecule has 0 bridgehead atoms. The Balaban J connectivity index is 2.02. The Morgan fingerprint density at radius 3 is 2.78 bits per heavy atom. The van der Waals surface area contributed by atoms with Crippen LogP contribution in [0.15, 0.2) is 24.3 Å². The molecule has 1 heterocycles. The summed E-state index contributed by atoms with van der Waals surface area (Å²) in [4.78, 5) is 0. The molecule has 1 fully saturated rings. The smallest absolute Gasteiger partial charge is 0.123 e. The minimum Gasteiger partial charge on any atom is -0.376 e. The highest BCUT2D eigenvalue weighted by Crippen LogP contribution is 2.22. The zero-order valence-electron chi connectivity index (χ0n) is 10.9. The minimum atomic E-state index is -0.226. The van der Waals surface area contributed by atoms with Gasteiger partial charge < -0.3 is 14.8 Å². The maximum Gasteiger partial charge on any atom is 0.123 e. The summed E-state index contributed by atoms with van der Waals surface area (Å²) in [7, 11) is 0. The number of halogens is 1. The van der Waals surface area contributed by atoms with Crippen LogP contribution in [0.2, 0.25) is 0 Å². The topological polar surface area (TPSA) is 30.5 Å². The van der Waals surface area contributed by atoms with Crippen LogP contribution in [-0.4, -0.2) is 31.9 Å². The molecule has 0 saturated carbocycles. The summed E-state index contributed by atoms with van der Waals surface area (Å²) in [6.45, 7) is 6.10. The molecule has 0 spiro atoms. The zero-order chi connectivity index (χ0) is 13.0. The molecule has 3 nitrogen and oxygen atoms in total. The molecule has 1 unspecified atom stereocenters. The zero-order valence-corrected chi connectivity index (χ0v) is 10.9. The molecule has 1 aromatic carbocycles. The van der Waals surface area contributed by atoms with Gasteiger partial charge in [0.05, 0.1) is 19.3 Å². The lowest BCUT2D eigenvalue weighted by Gasteiger charge is -2.31. The molecule has 0 aromatic heterocycles. The number of ether oxygens (including phenoxy) is 2. The molecule has 1 aromatic rings. The lowest BCUT2D eigenvalue weighted by molar-refractivity contribution is -0.155. The molecule has 18 heavy (non-hydrogen) atoms. The van der Waals surface area contributed by atoms with Gasteiger partial charge in [-0.2, -0.15) is 0 Å². The van der Waals surface area contributed by atoms with Gasteiger partial charge in [0.1, 0.15) is 11.9 Å². The van der Waals surface area contributed by atoms with Gasteiger partial charge in [-0.05, 0) is 17.7 Å². The van der Waals surface area contributed by atoms with E-state index in [1.54, 1.807) is 6.07 Å². The third kappa shape index (κ3) is 3.77. The van der Waals surface area contributed by atoms with Gasteiger partial charge in [0, 0.05) is 12.6 Å². The van der Waals surface area contributed by atoms with Crippen molar-refractivity contribution in [2.75, 3.05) is 19.8 Å². The van der Waals surface area contributed by atoms with Crippen molar-refractivity contribution in [3.8, 4) is 0 Å². The first-order valence-corrected chi connectivity index (χ1v) is 6.37. The van der Waals surface area contributed by atoms with Crippen molar-refractivity contribution in [2.24, 2.45) is 0 Å². The third-order valence-corrected chi connectivity index (χ3v) is 2.90. The standard InChI is InChI=1S/C14H20FNO2/c1-10(2)16-7-14(18-13-8-17-9-13)11-4-3-5-12(15)6-11/h3-6,10,13-14,16H,7-9H2,1-2H3. The molecule has 1 saturated heterocycles. The molecule has 1 aliphatic heterocycles. The van der Waals surface area contributed by atoms with E-state index in [-0.39, 0.29) is 18.0 Å². The quantitative estimate of drug-likeness (QED) is 0.843. The Hall–Kier alpha value is -0.970. The van der Waals surface area contributed by atoms with Crippen LogP contribution in [-0.2, 0) is 9.47 Å². The van der Waals surface area contributed by atoms with Crippen LogP contribution in [0.3, 0.4) is 0 Å². The second-order valence-corrected chi connectivity index (χ2v) is 4.90. The van der Waals surface area contributed by atoms with Crippen LogP contribution >= 0.6 is 0 Å². The van der Waals surface area contributed by atoms with Gasteiger partial charge in [-0.15, -0.1) is 0 Å². The van der Waals surface area contributed by atoms with Gasteiger partial charge >= 0.3 is 0 Å². The van der Waals surface area contributed by atoms with E-state index >= 15 is 0 Å². The highest BCUT2D eigenvalue weighted by atomic mass is 19.1. The molecule has 4 heteroatoms. The van der Waals surface area contributed by atoms with Crippen molar-refractivity contribution in [2.45, 2.75) is 32.1 Å². The van der Waals surface area contributed by atoms with E-state index in [0.29, 0.717) is 25.8 Å². The summed E-state index contributed by atoms with van der Waals surface area (Å²) in [6, 6.07) is 6.97. The lowest BCUT2D eigenvalue weighted by atomic mass is 10.1. The van der Waals surface area contributed by atoms with Crippen molar-refractivity contribution in [1.82, 2.24) is 5.32 Å². The first-order valence-electron chi connectivity index (χ1n) is 6.37. The van der Waals surface area contributed by atoms with Crippen LogP contribution in [0.25, 0.3) is 0 Å². The van der Waals surface area contributed by atoms with E-state index in [0.717, 1.165) is 5.56 Å². The van der Waals surface area contributed by atoms with Crippen molar-refractivity contribution >= 4 is 0 Å². The lowest BCUT2D eigenvalue weighted by Crippen LogP contribution is -2.39. The normalized spacial score (nSPS) is 17.8. The van der Waals surface area contributed by atoms with Gasteiger partial charge in [0.15, 0.2) is 0 Å². The van der Waals surface area contributed by atoms with Crippen LogP contribution in [0.5, 0.6) is 0 Å². The van der Waals surface area contributed by atoms with E-state index in [9.17, 15) is 4.39 Å². The fraction of sp³-hybridized carbons (Fsp3) is 0.571. The Bertz CT molecular complexity index is 380. The van der Waals surface area contributed by atoms with Gasteiger partial charge in [-0.25, -0.2) is 4.39 Å². The summed E-state index contributed by atoms with van der Waals surface area (Å²) in [5.74, 6) is -0.226. The van der Waals surface area contributed by atoms with E-state index in [2.05, 4.69) is 19.2 Å². The average Bonchev–Trinajstić information content (AvgIpc) is 2.26. The number of benzene rings is 1. The summed E-state index contributed by atoms with van der Waals surface area (Å²) in [5.41, 5.74) is 0.870. The van der Waals surface area contributed by atoms with Crippen molar-refractivity contribution in [3.63, 3.8) is 0 Å². The van der Waals surface area contributed by atoms with Crippen LogP contribution in [0.1, 0.15) is 25.5 Å². The maximum absolute atomic E-state index is 13.3. The fourth-order valence-electron chi connectivity index (χ4n) is 1.82. The highest BCUT2D eigenvalue weighted by molar-refractivity contribution is 5.19. The second kappa shape index (κ2) is 6.27. The first-order chi connectivity index (χ1) is 8.65. The third-order valence-electron chi connectivity index (χ3n) is 2.90. The van der Waals surface area contributed by atoms with Crippen LogP contribution < -0.4 is 5.32 Å². The Morgan fingerprint density at radius 1 is 1.44 bits per heavy atom. The minimum absolute atomic E-state index is 0.128. The second-order valence-electron chi connectivity index (χ2n) is 4.90. The summed E-state index contributed by atoms with van der Waals surface area (Å²) in [6.07, 6.45) is 0.00392. The Morgan fingerprint density at radius 2 is 2.22 bits per heavy atom. The molecular weight excluding hydrogens is 233 g/mol. The predicted molar refractivity (Wildman–Crippen MR) is 68.0 cm³/mol.